The molecule has 15 heavy (non-hydrogen) atoms. The Labute approximate surface area is 89.0 Å². The standard InChI is InChI=1S/C6H9N5O3S/c7-10-6-8-3-4(11(13)14)5(9-6)15-2-1-12/h3,12H,1-2,7H2,(H,8,9,10). The average molecular weight is 231 g/mol. The number of aliphatic hydroxyl groups is 1. The number of nitro groups is 1. The monoisotopic (exact) mass is 231 g/mol. The van der Waals surface area contributed by atoms with Gasteiger partial charge in [0.1, 0.15) is 6.20 Å². The lowest BCUT2D eigenvalue weighted by Gasteiger charge is -2.02. The van der Waals surface area contributed by atoms with Gasteiger partial charge in [0.15, 0.2) is 5.03 Å². The Morgan fingerprint density at radius 2 is 2.47 bits per heavy atom. The molecule has 1 aromatic rings. The fraction of sp³-hybridized carbons (Fsp3) is 0.333. The summed E-state index contributed by atoms with van der Waals surface area (Å²) in [4.78, 5) is 17.4. The summed E-state index contributed by atoms with van der Waals surface area (Å²) in [5.74, 6) is 5.49. The number of thioether (sulfide) groups is 1. The predicted molar refractivity (Wildman–Crippen MR) is 54.3 cm³/mol. The molecule has 4 N–H and O–H groups in total. The van der Waals surface area contributed by atoms with E-state index >= 15 is 0 Å². The largest absolute Gasteiger partial charge is 0.396 e. The Balaban J connectivity index is 2.99. The highest BCUT2D eigenvalue weighted by Crippen LogP contribution is 2.26. The number of nitrogens with one attached hydrogen (secondary N) is 1. The third-order valence-corrected chi connectivity index (χ3v) is 2.35. The summed E-state index contributed by atoms with van der Waals surface area (Å²) in [5.41, 5.74) is 1.99. The van der Waals surface area contributed by atoms with Crippen molar-refractivity contribution in [3.05, 3.63) is 16.3 Å². The number of nitrogen functional groups attached to an aromatic ring is 1. The van der Waals surface area contributed by atoms with Gasteiger partial charge in [-0.2, -0.15) is 4.98 Å². The van der Waals surface area contributed by atoms with E-state index in [1.807, 2.05) is 0 Å². The first-order valence-corrected chi connectivity index (χ1v) is 4.89. The molecule has 0 bridgehead atoms. The summed E-state index contributed by atoms with van der Waals surface area (Å²) in [6, 6.07) is 0. The van der Waals surface area contributed by atoms with Gasteiger partial charge in [-0.1, -0.05) is 11.8 Å². The first-order valence-electron chi connectivity index (χ1n) is 3.90. The second kappa shape index (κ2) is 5.44. The number of nitrogens with two attached hydrogens (primary N) is 1. The second-order valence-corrected chi connectivity index (χ2v) is 3.44. The molecule has 1 aromatic heterocycles. The van der Waals surface area contributed by atoms with Gasteiger partial charge in [0.05, 0.1) is 11.5 Å². The molecule has 0 spiro atoms. The van der Waals surface area contributed by atoms with Crippen molar-refractivity contribution < 1.29 is 10.0 Å². The second-order valence-electron chi connectivity index (χ2n) is 2.36. The van der Waals surface area contributed by atoms with Gasteiger partial charge in [-0.05, 0) is 0 Å². The summed E-state index contributed by atoms with van der Waals surface area (Å²) in [6.07, 6.45) is 1.07. The van der Waals surface area contributed by atoms with Crippen LogP contribution < -0.4 is 11.3 Å². The highest BCUT2D eigenvalue weighted by Gasteiger charge is 2.17. The van der Waals surface area contributed by atoms with Crippen LogP contribution in [0.1, 0.15) is 0 Å². The normalized spacial score (nSPS) is 10.0. The molecule has 0 saturated carbocycles. The van der Waals surface area contributed by atoms with E-state index in [0.717, 1.165) is 18.0 Å². The van der Waals surface area contributed by atoms with Crippen molar-refractivity contribution in [3.8, 4) is 0 Å². The Morgan fingerprint density at radius 1 is 1.73 bits per heavy atom. The van der Waals surface area contributed by atoms with Crippen molar-refractivity contribution in [1.29, 1.82) is 0 Å². The summed E-state index contributed by atoms with van der Waals surface area (Å²) < 4.78 is 0. The topological polar surface area (TPSA) is 127 Å². The Kier molecular flexibility index (Phi) is 4.21. The van der Waals surface area contributed by atoms with Crippen molar-refractivity contribution in [2.45, 2.75) is 5.03 Å². The molecule has 0 aromatic carbocycles. The summed E-state index contributed by atoms with van der Waals surface area (Å²) in [7, 11) is 0. The highest BCUT2D eigenvalue weighted by molar-refractivity contribution is 7.99. The summed E-state index contributed by atoms with van der Waals surface area (Å²) in [5, 5.41) is 19.4. The molecule has 0 radical (unpaired) electrons. The van der Waals surface area contributed by atoms with Gasteiger partial charge in [0.2, 0.25) is 5.95 Å². The maximum absolute atomic E-state index is 10.6. The molecule has 0 unspecified atom stereocenters. The van der Waals surface area contributed by atoms with Crippen LogP contribution in [0.2, 0.25) is 0 Å². The number of hydrogen-bond donors (Lipinski definition) is 3. The number of rotatable bonds is 5. The lowest BCUT2D eigenvalue weighted by molar-refractivity contribution is -0.388. The van der Waals surface area contributed by atoms with Crippen LogP contribution in [0.3, 0.4) is 0 Å². The van der Waals surface area contributed by atoms with E-state index in [0.29, 0.717) is 5.75 Å². The van der Waals surface area contributed by atoms with Crippen LogP contribution in [-0.4, -0.2) is 32.4 Å². The first-order chi connectivity index (χ1) is 7.19. The third kappa shape index (κ3) is 3.01. The van der Waals surface area contributed by atoms with E-state index in [4.69, 9.17) is 10.9 Å². The minimum absolute atomic E-state index is 0.0861. The van der Waals surface area contributed by atoms with Crippen molar-refractivity contribution in [3.63, 3.8) is 0 Å². The highest BCUT2D eigenvalue weighted by atomic mass is 32.2. The molecular formula is C6H9N5O3S. The molecule has 0 atom stereocenters. The zero-order valence-electron chi connectivity index (χ0n) is 7.58. The Morgan fingerprint density at radius 3 is 3.00 bits per heavy atom. The van der Waals surface area contributed by atoms with Crippen LogP contribution in [-0.2, 0) is 0 Å². The van der Waals surface area contributed by atoms with Crippen LogP contribution >= 0.6 is 11.8 Å². The smallest absolute Gasteiger partial charge is 0.319 e. The van der Waals surface area contributed by atoms with Gasteiger partial charge in [-0.15, -0.1) is 0 Å². The number of hydrogen-bond acceptors (Lipinski definition) is 8. The van der Waals surface area contributed by atoms with Gasteiger partial charge >= 0.3 is 5.69 Å². The van der Waals surface area contributed by atoms with E-state index in [9.17, 15) is 10.1 Å². The van der Waals surface area contributed by atoms with E-state index in [1.54, 1.807) is 0 Å². The molecule has 1 heterocycles. The average Bonchev–Trinajstić information content (AvgIpc) is 2.25. The van der Waals surface area contributed by atoms with Gasteiger partial charge in [0.25, 0.3) is 0 Å². The van der Waals surface area contributed by atoms with Gasteiger partial charge < -0.3 is 5.11 Å². The lowest BCUT2D eigenvalue weighted by Crippen LogP contribution is -2.11. The van der Waals surface area contributed by atoms with E-state index < -0.39 is 4.92 Å². The summed E-state index contributed by atoms with van der Waals surface area (Å²) in [6.45, 7) is -0.0861. The number of nitrogens with zero attached hydrogens (tertiary/aromatic N) is 3. The van der Waals surface area contributed by atoms with Crippen molar-refractivity contribution in [2.24, 2.45) is 5.84 Å². The predicted octanol–water partition coefficient (Wildman–Crippen LogP) is -0.245. The van der Waals surface area contributed by atoms with Gasteiger partial charge in [0, 0.05) is 5.75 Å². The zero-order chi connectivity index (χ0) is 11.3. The molecule has 0 aliphatic rings. The van der Waals surface area contributed by atoms with Crippen LogP contribution in [0.4, 0.5) is 11.6 Å². The number of aromatic nitrogens is 2. The third-order valence-electron chi connectivity index (χ3n) is 1.39. The molecular weight excluding hydrogens is 222 g/mol. The minimum atomic E-state index is -0.583. The van der Waals surface area contributed by atoms with E-state index in [-0.39, 0.29) is 23.3 Å². The number of anilines is 1. The summed E-state index contributed by atoms with van der Waals surface area (Å²) >= 11 is 1.07. The Bertz CT molecular complexity index is 361. The maximum Gasteiger partial charge on any atom is 0.319 e. The lowest BCUT2D eigenvalue weighted by atomic mass is 10.5. The van der Waals surface area contributed by atoms with Crippen molar-refractivity contribution >= 4 is 23.4 Å². The van der Waals surface area contributed by atoms with Crippen LogP contribution in [0.25, 0.3) is 0 Å². The molecule has 0 aliphatic heterocycles. The van der Waals surface area contributed by atoms with Gasteiger partial charge in [-0.25, -0.2) is 10.8 Å². The molecule has 9 heteroatoms. The Hall–Kier alpha value is -1.45. The van der Waals surface area contributed by atoms with Crippen LogP contribution in [0.5, 0.6) is 0 Å². The van der Waals surface area contributed by atoms with E-state index in [1.165, 1.54) is 0 Å². The molecule has 1 rings (SSSR count). The zero-order valence-corrected chi connectivity index (χ0v) is 8.40. The van der Waals surface area contributed by atoms with Crippen molar-refractivity contribution in [2.75, 3.05) is 17.8 Å². The minimum Gasteiger partial charge on any atom is -0.396 e. The van der Waals surface area contributed by atoms with Gasteiger partial charge in [-0.3, -0.25) is 15.5 Å². The molecule has 0 saturated heterocycles. The number of hydrazine groups is 1. The molecule has 82 valence electrons. The maximum atomic E-state index is 10.6. The molecule has 0 amide bonds. The fourth-order valence-corrected chi connectivity index (χ4v) is 1.51. The van der Waals surface area contributed by atoms with E-state index in [2.05, 4.69) is 15.4 Å². The molecule has 8 nitrogen and oxygen atoms in total. The van der Waals surface area contributed by atoms with Crippen LogP contribution in [0, 0.1) is 10.1 Å². The molecule has 0 aliphatic carbocycles. The number of aliphatic hydroxyl groups excluding tert-OH is 1. The first kappa shape index (κ1) is 11.6. The van der Waals surface area contributed by atoms with Crippen LogP contribution in [0.15, 0.2) is 11.2 Å². The molecule has 0 fully saturated rings. The SMILES string of the molecule is NNc1ncc([N+](=O)[O-])c(SCCO)n1. The fourth-order valence-electron chi connectivity index (χ4n) is 0.803. The van der Waals surface area contributed by atoms with Crippen molar-refractivity contribution in [1.82, 2.24) is 9.97 Å². The quantitative estimate of drug-likeness (QED) is 0.208.